The maximum Gasteiger partial charge on any atom is 0.0907 e. The largest absolute Gasteiger partial charge is 0.379 e. The van der Waals surface area contributed by atoms with Gasteiger partial charge in [-0.3, -0.25) is 4.90 Å². The molecule has 2 saturated heterocycles. The molecule has 4 heteroatoms. The third kappa shape index (κ3) is 1.90. The molecule has 0 radical (unpaired) electrons. The summed E-state index contributed by atoms with van der Waals surface area (Å²) in [6.07, 6.45) is 2.50. The molecule has 4 rings (SSSR count). The van der Waals surface area contributed by atoms with Crippen molar-refractivity contribution < 1.29 is 4.74 Å². The van der Waals surface area contributed by atoms with Gasteiger partial charge < -0.3 is 4.74 Å². The van der Waals surface area contributed by atoms with Crippen LogP contribution in [0.4, 0.5) is 0 Å². The second-order valence-electron chi connectivity index (χ2n) is 5.73. The van der Waals surface area contributed by atoms with Crippen molar-refractivity contribution in [3.05, 3.63) is 28.8 Å². The van der Waals surface area contributed by atoms with Crippen LogP contribution in [-0.2, 0) is 11.3 Å². The Hall–Kier alpha value is -0.970. The lowest BCUT2D eigenvalue weighted by Crippen LogP contribution is -2.59. The second kappa shape index (κ2) is 4.27. The van der Waals surface area contributed by atoms with E-state index in [-0.39, 0.29) is 0 Å². The summed E-state index contributed by atoms with van der Waals surface area (Å²) in [7, 11) is 0. The molecule has 0 aliphatic carbocycles. The maximum absolute atomic E-state index is 5.59. The Bertz CT molecular complexity index is 616. The minimum Gasteiger partial charge on any atom is -0.379 e. The van der Waals surface area contributed by atoms with Gasteiger partial charge in [0.15, 0.2) is 0 Å². The first-order chi connectivity index (χ1) is 9.25. The number of aryl methyl sites for hydroxylation is 1. The summed E-state index contributed by atoms with van der Waals surface area (Å²) in [4.78, 5) is 7.12. The second-order valence-corrected chi connectivity index (χ2v) is 6.97. The van der Waals surface area contributed by atoms with E-state index in [1.807, 2.05) is 0 Å². The summed E-state index contributed by atoms with van der Waals surface area (Å²) in [6.45, 7) is 6.20. The Balaban J connectivity index is 1.57. The van der Waals surface area contributed by atoms with Gasteiger partial charge >= 0.3 is 0 Å². The summed E-state index contributed by atoms with van der Waals surface area (Å²) < 4.78 is 6.91. The number of hydrogen-bond donors (Lipinski definition) is 0. The molecule has 1 unspecified atom stereocenters. The van der Waals surface area contributed by atoms with Crippen LogP contribution in [0.15, 0.2) is 18.2 Å². The van der Waals surface area contributed by atoms with Crippen LogP contribution in [0.3, 0.4) is 0 Å². The first kappa shape index (κ1) is 11.8. The molecule has 2 fully saturated rings. The average molecular weight is 274 g/mol. The lowest BCUT2D eigenvalue weighted by molar-refractivity contribution is -0.0274. The van der Waals surface area contributed by atoms with Gasteiger partial charge in [-0.2, -0.15) is 0 Å². The monoisotopic (exact) mass is 274 g/mol. The van der Waals surface area contributed by atoms with Gasteiger partial charge in [0.2, 0.25) is 0 Å². The van der Waals surface area contributed by atoms with E-state index in [2.05, 4.69) is 35.0 Å². The van der Waals surface area contributed by atoms with Crippen LogP contribution in [0.1, 0.15) is 23.4 Å². The summed E-state index contributed by atoms with van der Waals surface area (Å²) in [6, 6.07) is 6.69. The summed E-state index contributed by atoms with van der Waals surface area (Å²) in [5, 5.41) is 1.15. The Morgan fingerprint density at radius 3 is 3.11 bits per heavy atom. The Labute approximate surface area is 117 Å². The summed E-state index contributed by atoms with van der Waals surface area (Å²) in [5.74, 6) is 0. The number of likely N-dealkylation sites (tertiary alicyclic amines) is 1. The van der Waals surface area contributed by atoms with Crippen LogP contribution in [0.25, 0.3) is 10.2 Å². The van der Waals surface area contributed by atoms with Gasteiger partial charge in [-0.15, -0.1) is 11.3 Å². The van der Waals surface area contributed by atoms with Gasteiger partial charge in [0, 0.05) is 25.2 Å². The fourth-order valence-electron chi connectivity index (χ4n) is 3.28. The van der Waals surface area contributed by atoms with Gasteiger partial charge in [0.1, 0.15) is 0 Å². The lowest BCUT2D eigenvalue weighted by atomic mass is 9.83. The van der Waals surface area contributed by atoms with Crippen molar-refractivity contribution in [2.75, 3.05) is 19.8 Å². The fraction of sp³-hybridized carbons (Fsp3) is 0.533. The van der Waals surface area contributed by atoms with Gasteiger partial charge in [-0.25, -0.2) is 4.98 Å². The van der Waals surface area contributed by atoms with Gasteiger partial charge in [-0.1, -0.05) is 6.07 Å². The van der Waals surface area contributed by atoms with Crippen LogP contribution < -0.4 is 0 Å². The van der Waals surface area contributed by atoms with Crippen molar-refractivity contribution in [1.82, 2.24) is 9.88 Å². The van der Waals surface area contributed by atoms with Crippen molar-refractivity contribution in [2.45, 2.75) is 31.8 Å². The van der Waals surface area contributed by atoms with Gasteiger partial charge in [0.05, 0.1) is 21.8 Å². The molecule has 19 heavy (non-hydrogen) atoms. The molecule has 1 aromatic heterocycles. The summed E-state index contributed by atoms with van der Waals surface area (Å²) >= 11 is 1.79. The average Bonchev–Trinajstić information content (AvgIpc) is 3.00. The smallest absolute Gasteiger partial charge is 0.0907 e. The highest BCUT2D eigenvalue weighted by atomic mass is 32.1. The highest BCUT2D eigenvalue weighted by molar-refractivity contribution is 7.18. The number of fused-ring (bicyclic) bond motifs is 1. The van der Waals surface area contributed by atoms with E-state index < -0.39 is 0 Å². The van der Waals surface area contributed by atoms with E-state index in [9.17, 15) is 0 Å². The Morgan fingerprint density at radius 2 is 2.37 bits per heavy atom. The standard InChI is InChI=1S/C15H18N2OS/c1-11-16-13-3-2-12(8-14(13)19-11)9-17-6-4-15(17)5-7-18-10-15/h2-3,8H,4-7,9-10H2,1H3. The Kier molecular flexibility index (Phi) is 2.65. The molecule has 0 amide bonds. The van der Waals surface area contributed by atoms with Crippen molar-refractivity contribution in [1.29, 1.82) is 0 Å². The summed E-state index contributed by atoms with van der Waals surface area (Å²) in [5.41, 5.74) is 2.90. The molecule has 3 nitrogen and oxygen atoms in total. The topological polar surface area (TPSA) is 25.4 Å². The fourth-order valence-corrected chi connectivity index (χ4v) is 4.17. The third-order valence-electron chi connectivity index (χ3n) is 4.53. The van der Waals surface area contributed by atoms with Crippen LogP contribution in [-0.4, -0.2) is 35.2 Å². The molecule has 2 aliphatic rings. The zero-order valence-electron chi connectivity index (χ0n) is 11.2. The molecule has 1 spiro atoms. The molecule has 1 aromatic carbocycles. The predicted molar refractivity (Wildman–Crippen MR) is 77.6 cm³/mol. The first-order valence-electron chi connectivity index (χ1n) is 6.94. The SMILES string of the molecule is Cc1nc2ccc(CN3CCC34CCOC4)cc2s1. The van der Waals surface area contributed by atoms with Crippen LogP contribution in [0.5, 0.6) is 0 Å². The third-order valence-corrected chi connectivity index (χ3v) is 5.47. The predicted octanol–water partition coefficient (Wildman–Crippen LogP) is 2.97. The number of thiazole rings is 1. The molecule has 3 heterocycles. The molecule has 100 valence electrons. The molecule has 0 saturated carbocycles. The van der Waals surface area contributed by atoms with Crippen molar-refractivity contribution in [3.63, 3.8) is 0 Å². The van der Waals surface area contributed by atoms with Gasteiger partial charge in [0.25, 0.3) is 0 Å². The van der Waals surface area contributed by atoms with E-state index in [4.69, 9.17) is 4.74 Å². The zero-order chi connectivity index (χ0) is 12.9. The number of hydrogen-bond acceptors (Lipinski definition) is 4. The minimum absolute atomic E-state index is 0.360. The van der Waals surface area contributed by atoms with E-state index in [0.29, 0.717) is 5.54 Å². The molecule has 2 aromatic rings. The minimum atomic E-state index is 0.360. The quantitative estimate of drug-likeness (QED) is 0.842. The Morgan fingerprint density at radius 1 is 1.42 bits per heavy atom. The molecule has 0 bridgehead atoms. The van der Waals surface area contributed by atoms with Crippen molar-refractivity contribution in [2.24, 2.45) is 0 Å². The first-order valence-corrected chi connectivity index (χ1v) is 7.76. The van der Waals surface area contributed by atoms with E-state index >= 15 is 0 Å². The van der Waals surface area contributed by atoms with Crippen LogP contribution in [0.2, 0.25) is 0 Å². The molecule has 0 N–H and O–H groups in total. The highest BCUT2D eigenvalue weighted by Gasteiger charge is 2.47. The molecular weight excluding hydrogens is 256 g/mol. The molecule has 2 aliphatic heterocycles. The van der Waals surface area contributed by atoms with E-state index in [1.54, 1.807) is 11.3 Å². The highest BCUT2D eigenvalue weighted by Crippen LogP contribution is 2.39. The van der Waals surface area contributed by atoms with E-state index in [1.165, 1.54) is 29.6 Å². The van der Waals surface area contributed by atoms with Crippen molar-refractivity contribution in [3.8, 4) is 0 Å². The van der Waals surface area contributed by atoms with E-state index in [0.717, 1.165) is 30.3 Å². The number of rotatable bonds is 2. The lowest BCUT2D eigenvalue weighted by Gasteiger charge is -2.50. The number of nitrogens with zero attached hydrogens (tertiary/aromatic N) is 2. The van der Waals surface area contributed by atoms with Crippen molar-refractivity contribution >= 4 is 21.6 Å². The van der Waals surface area contributed by atoms with Gasteiger partial charge in [-0.05, 0) is 37.5 Å². The normalized spacial score (nSPS) is 27.2. The number of aromatic nitrogens is 1. The van der Waals surface area contributed by atoms with Crippen LogP contribution in [0, 0.1) is 6.92 Å². The molecular formula is C15H18N2OS. The zero-order valence-corrected chi connectivity index (χ0v) is 12.0. The molecule has 1 atom stereocenters. The maximum atomic E-state index is 5.59. The van der Waals surface area contributed by atoms with Crippen LogP contribution >= 0.6 is 11.3 Å². The number of ether oxygens (including phenoxy) is 1. The number of benzene rings is 1.